The summed E-state index contributed by atoms with van der Waals surface area (Å²) in [5.41, 5.74) is 1.29. The molecule has 0 aromatic heterocycles. The summed E-state index contributed by atoms with van der Waals surface area (Å²) >= 11 is 0. The highest BCUT2D eigenvalue weighted by molar-refractivity contribution is 7.91. The van der Waals surface area contributed by atoms with Crippen LogP contribution in [0, 0.1) is 12.3 Å². The first kappa shape index (κ1) is 17.8. The van der Waals surface area contributed by atoms with Crippen LogP contribution in [0.2, 0.25) is 0 Å². The second-order valence-electron chi connectivity index (χ2n) is 5.44. The van der Waals surface area contributed by atoms with Crippen molar-refractivity contribution >= 4 is 27.4 Å². The summed E-state index contributed by atoms with van der Waals surface area (Å²) in [6.07, 6.45) is 5.86. The molecule has 1 aromatic rings. The highest BCUT2D eigenvalue weighted by atomic mass is 32.2. The van der Waals surface area contributed by atoms with Crippen molar-refractivity contribution in [2.45, 2.75) is 12.5 Å². The molecule has 8 heteroatoms. The molecule has 1 unspecified atom stereocenters. The van der Waals surface area contributed by atoms with Crippen LogP contribution >= 0.6 is 0 Å². The lowest BCUT2D eigenvalue weighted by Gasteiger charge is -2.16. The molecule has 0 aliphatic carbocycles. The molecule has 2 rings (SSSR count). The summed E-state index contributed by atoms with van der Waals surface area (Å²) < 4.78 is 22.9. The van der Waals surface area contributed by atoms with Gasteiger partial charge in [0.2, 0.25) is 5.91 Å². The van der Waals surface area contributed by atoms with Crippen molar-refractivity contribution in [2.75, 3.05) is 30.4 Å². The average Bonchev–Trinajstić information content (AvgIpc) is 2.90. The molecule has 3 N–H and O–H groups in total. The molecule has 1 aliphatic rings. The normalized spacial score (nSPS) is 19.3. The fourth-order valence-corrected chi connectivity index (χ4v) is 4.03. The molecule has 1 aromatic carbocycles. The fraction of sp³-hybridized carbons (Fsp3) is 0.375. The van der Waals surface area contributed by atoms with Gasteiger partial charge in [-0.25, -0.2) is 8.42 Å². The molecular weight excluding hydrogens is 328 g/mol. The number of sulfone groups is 1. The summed E-state index contributed by atoms with van der Waals surface area (Å²) in [6.45, 7) is -0.000571. The van der Waals surface area contributed by atoms with E-state index in [4.69, 9.17) is 6.42 Å². The Morgan fingerprint density at radius 1 is 1.46 bits per heavy atom. The number of terminal acetylenes is 1. The number of rotatable bonds is 4. The number of anilines is 1. The molecular formula is C16H20N4O3S. The van der Waals surface area contributed by atoms with Gasteiger partial charge < -0.3 is 16.0 Å². The maximum atomic E-state index is 12.0. The maximum Gasteiger partial charge on any atom is 0.243 e. The van der Waals surface area contributed by atoms with Crippen LogP contribution in [0.3, 0.4) is 0 Å². The quantitative estimate of drug-likeness (QED) is 0.403. The lowest BCUT2D eigenvalue weighted by Crippen LogP contribution is -2.46. The van der Waals surface area contributed by atoms with Crippen molar-refractivity contribution < 1.29 is 13.2 Å². The fourth-order valence-electron chi connectivity index (χ4n) is 2.35. The second-order valence-corrected chi connectivity index (χ2v) is 7.67. The zero-order chi connectivity index (χ0) is 17.6. The molecule has 1 amide bonds. The lowest BCUT2D eigenvalue weighted by atomic mass is 10.2. The summed E-state index contributed by atoms with van der Waals surface area (Å²) in [5, 5.41) is 8.60. The zero-order valence-corrected chi connectivity index (χ0v) is 14.2. The van der Waals surface area contributed by atoms with Gasteiger partial charge in [-0.15, -0.1) is 6.42 Å². The number of amides is 1. The highest BCUT2D eigenvalue weighted by Gasteiger charge is 2.28. The van der Waals surface area contributed by atoms with Gasteiger partial charge in [-0.2, -0.15) is 0 Å². The van der Waals surface area contributed by atoms with E-state index >= 15 is 0 Å². The van der Waals surface area contributed by atoms with Crippen LogP contribution < -0.4 is 16.0 Å². The molecule has 24 heavy (non-hydrogen) atoms. The van der Waals surface area contributed by atoms with Crippen LogP contribution in [0.4, 0.5) is 5.69 Å². The van der Waals surface area contributed by atoms with E-state index in [9.17, 15) is 13.2 Å². The largest absolute Gasteiger partial charge is 0.353 e. The first-order valence-electron chi connectivity index (χ1n) is 7.46. The Labute approximate surface area is 141 Å². The van der Waals surface area contributed by atoms with E-state index in [2.05, 4.69) is 26.9 Å². The van der Waals surface area contributed by atoms with Crippen molar-refractivity contribution in [2.24, 2.45) is 4.99 Å². The van der Waals surface area contributed by atoms with Crippen molar-refractivity contribution in [3.05, 3.63) is 29.8 Å². The van der Waals surface area contributed by atoms with Crippen molar-refractivity contribution in [1.29, 1.82) is 0 Å². The lowest BCUT2D eigenvalue weighted by molar-refractivity contribution is -0.115. The first-order chi connectivity index (χ1) is 11.4. The molecule has 0 spiro atoms. The molecule has 0 radical (unpaired) electrons. The zero-order valence-electron chi connectivity index (χ0n) is 13.4. The number of nitrogens with one attached hydrogen (secondary N) is 3. The number of hydrogen-bond donors (Lipinski definition) is 3. The average molecular weight is 348 g/mol. The summed E-state index contributed by atoms with van der Waals surface area (Å²) in [5.74, 6) is 2.89. The Kier molecular flexibility index (Phi) is 5.82. The number of nitrogens with zero attached hydrogens (tertiary/aromatic N) is 1. The number of carbonyl (C=O) groups excluding carboxylic acids is 1. The van der Waals surface area contributed by atoms with Gasteiger partial charge >= 0.3 is 0 Å². The van der Waals surface area contributed by atoms with E-state index in [1.807, 2.05) is 0 Å². The third kappa shape index (κ3) is 5.28. The van der Waals surface area contributed by atoms with Gasteiger partial charge in [-0.3, -0.25) is 9.79 Å². The van der Waals surface area contributed by atoms with Crippen molar-refractivity contribution in [3.8, 4) is 12.3 Å². The Morgan fingerprint density at radius 3 is 2.88 bits per heavy atom. The van der Waals surface area contributed by atoms with Crippen LogP contribution in [0.15, 0.2) is 29.3 Å². The van der Waals surface area contributed by atoms with Crippen LogP contribution in [-0.2, 0) is 14.6 Å². The minimum atomic E-state index is -2.97. The summed E-state index contributed by atoms with van der Waals surface area (Å²) in [4.78, 5) is 16.0. The van der Waals surface area contributed by atoms with E-state index in [0.29, 0.717) is 23.6 Å². The highest BCUT2D eigenvalue weighted by Crippen LogP contribution is 2.11. The third-order valence-corrected chi connectivity index (χ3v) is 5.29. The molecule has 1 aliphatic heterocycles. The van der Waals surface area contributed by atoms with Gasteiger partial charge in [0.15, 0.2) is 15.8 Å². The van der Waals surface area contributed by atoms with Crippen molar-refractivity contribution in [3.63, 3.8) is 0 Å². The predicted molar refractivity (Wildman–Crippen MR) is 94.6 cm³/mol. The van der Waals surface area contributed by atoms with Gasteiger partial charge in [0, 0.05) is 24.3 Å². The molecule has 0 saturated carbocycles. The minimum Gasteiger partial charge on any atom is -0.353 e. The van der Waals surface area contributed by atoms with E-state index in [0.717, 1.165) is 0 Å². The van der Waals surface area contributed by atoms with Crippen LogP contribution in [0.1, 0.15) is 12.0 Å². The van der Waals surface area contributed by atoms with E-state index < -0.39 is 9.84 Å². The smallest absolute Gasteiger partial charge is 0.243 e. The Hall–Kier alpha value is -2.53. The number of carbonyl (C=O) groups is 1. The number of benzene rings is 1. The Balaban J connectivity index is 1.82. The first-order valence-corrected chi connectivity index (χ1v) is 9.28. The van der Waals surface area contributed by atoms with Crippen molar-refractivity contribution in [1.82, 2.24) is 10.6 Å². The van der Waals surface area contributed by atoms with Crippen LogP contribution in [0.5, 0.6) is 0 Å². The Bertz CT molecular complexity index is 781. The van der Waals surface area contributed by atoms with Gasteiger partial charge in [-0.1, -0.05) is 12.0 Å². The third-order valence-electron chi connectivity index (χ3n) is 3.53. The molecule has 128 valence electrons. The summed E-state index contributed by atoms with van der Waals surface area (Å²) in [6, 6.07) is 6.80. The second kappa shape index (κ2) is 7.84. The Morgan fingerprint density at radius 2 is 2.25 bits per heavy atom. The molecule has 1 heterocycles. The number of guanidine groups is 1. The van der Waals surface area contributed by atoms with E-state index in [1.165, 1.54) is 0 Å². The predicted octanol–water partition coefficient (Wildman–Crippen LogP) is -0.0415. The van der Waals surface area contributed by atoms with Gasteiger partial charge in [-0.05, 0) is 24.6 Å². The number of aliphatic imine (C=N–C) groups is 1. The van der Waals surface area contributed by atoms with Crippen LogP contribution in [0.25, 0.3) is 0 Å². The van der Waals surface area contributed by atoms with Gasteiger partial charge in [0.25, 0.3) is 0 Å². The molecule has 1 saturated heterocycles. The minimum absolute atomic E-state index is 0.000571. The molecule has 0 bridgehead atoms. The monoisotopic (exact) mass is 348 g/mol. The van der Waals surface area contributed by atoms with E-state index in [-0.39, 0.29) is 30.0 Å². The number of hydrogen-bond acceptors (Lipinski definition) is 4. The SMILES string of the molecule is C#Cc1cccc(NC(=O)CNC(=NC)NC2CCS(=O)(=O)C2)c1. The van der Waals surface area contributed by atoms with Gasteiger partial charge in [0.05, 0.1) is 18.1 Å². The molecule has 7 nitrogen and oxygen atoms in total. The van der Waals surface area contributed by atoms with Crippen LogP contribution in [-0.4, -0.2) is 51.4 Å². The molecule has 1 atom stereocenters. The van der Waals surface area contributed by atoms with E-state index in [1.54, 1.807) is 31.3 Å². The topological polar surface area (TPSA) is 99.7 Å². The standard InChI is InChI=1S/C16H20N4O3S/c1-3-12-5-4-6-13(9-12)19-15(21)10-18-16(17-2)20-14-7-8-24(22,23)11-14/h1,4-6,9,14H,7-8,10-11H2,2H3,(H,19,21)(H2,17,18,20). The summed E-state index contributed by atoms with van der Waals surface area (Å²) in [7, 11) is -1.41. The van der Waals surface area contributed by atoms with Gasteiger partial charge in [0.1, 0.15) is 0 Å². The maximum absolute atomic E-state index is 12.0. The molecule has 1 fully saturated rings.